The third-order valence-electron chi connectivity index (χ3n) is 3.45. The van der Waals surface area contributed by atoms with Crippen LogP contribution in [0, 0.1) is 0 Å². The van der Waals surface area contributed by atoms with E-state index in [1.165, 1.54) is 70.6 Å². The second kappa shape index (κ2) is 15.7. The monoisotopic (exact) mass is 284 g/mol. The maximum atomic E-state index is 11.1. The summed E-state index contributed by atoms with van der Waals surface area (Å²) in [7, 11) is 0.300. The fourth-order valence-corrected chi connectivity index (χ4v) is 2.60. The number of carbonyl (C=O) groups excluding carboxylic acids is 1. The number of hydrogen-bond acceptors (Lipinski definition) is 2. The minimum atomic E-state index is -0.0205. The van der Waals surface area contributed by atoms with Crippen molar-refractivity contribution >= 4 is 15.7 Å². The lowest BCUT2D eigenvalue weighted by molar-refractivity contribution is -0.134. The molecule has 0 fully saturated rings. The smallest absolute Gasteiger partial charge is 0.311 e. The summed E-state index contributed by atoms with van der Waals surface area (Å²) in [6, 6.07) is 0. The van der Waals surface area contributed by atoms with Crippen LogP contribution in [0.1, 0.15) is 90.4 Å². The molecule has 112 valence electrons. The Morgan fingerprint density at radius 2 is 1.21 bits per heavy atom. The summed E-state index contributed by atoms with van der Waals surface area (Å²) in [4.78, 5) is 11.1. The minimum Gasteiger partial charge on any atom is -0.517 e. The maximum Gasteiger partial charge on any atom is 0.311 e. The molecule has 0 heterocycles. The van der Waals surface area contributed by atoms with Gasteiger partial charge in [-0.3, -0.25) is 4.79 Å². The second-order valence-electron chi connectivity index (χ2n) is 5.32. The fourth-order valence-electron chi connectivity index (χ4n) is 2.28. The Hall–Kier alpha value is -0.313. The van der Waals surface area contributed by atoms with Gasteiger partial charge in [0.2, 0.25) is 0 Å². The first-order chi connectivity index (χ1) is 9.31. The molecule has 0 bridgehead atoms. The van der Waals surface area contributed by atoms with Gasteiger partial charge >= 0.3 is 9.76 Å². The van der Waals surface area contributed by atoms with Crippen molar-refractivity contribution in [2.24, 2.45) is 0 Å². The third-order valence-corrected chi connectivity index (χ3v) is 3.88. The van der Waals surface area contributed by atoms with Crippen molar-refractivity contribution in [1.82, 2.24) is 0 Å². The van der Waals surface area contributed by atoms with E-state index < -0.39 is 0 Å². The van der Waals surface area contributed by atoms with Crippen LogP contribution in [0.5, 0.6) is 0 Å². The molecule has 0 aromatic carbocycles. The van der Waals surface area contributed by atoms with Gasteiger partial charge in [-0.15, -0.1) is 0 Å². The summed E-state index contributed by atoms with van der Waals surface area (Å²) in [5.41, 5.74) is 0. The zero-order chi connectivity index (χ0) is 14.2. The van der Waals surface area contributed by atoms with Gasteiger partial charge in [0.05, 0.1) is 0 Å². The maximum absolute atomic E-state index is 11.1. The van der Waals surface area contributed by atoms with Crippen molar-refractivity contribution in [3.8, 4) is 0 Å². The van der Waals surface area contributed by atoms with Gasteiger partial charge in [-0.25, -0.2) is 0 Å². The van der Waals surface area contributed by atoms with Gasteiger partial charge < -0.3 is 4.43 Å². The van der Waals surface area contributed by atoms with Crippen LogP contribution in [-0.2, 0) is 9.22 Å². The van der Waals surface area contributed by atoms with Gasteiger partial charge in [0.15, 0.2) is 0 Å². The minimum absolute atomic E-state index is 0.0205. The zero-order valence-electron chi connectivity index (χ0n) is 13.0. The lowest BCUT2D eigenvalue weighted by Gasteiger charge is -2.03. The van der Waals surface area contributed by atoms with Crippen molar-refractivity contribution in [3.05, 3.63) is 0 Å². The van der Waals surface area contributed by atoms with Crippen LogP contribution in [0.4, 0.5) is 0 Å². The highest BCUT2D eigenvalue weighted by molar-refractivity contribution is 6.28. The quantitative estimate of drug-likeness (QED) is 0.320. The largest absolute Gasteiger partial charge is 0.517 e. The molecule has 0 aliphatic rings. The Labute approximate surface area is 122 Å². The second-order valence-corrected chi connectivity index (χ2v) is 5.93. The SMILES string of the molecule is CCCCCCCCCCCCCCC(=O)O[Si]C. The molecule has 0 unspecified atom stereocenters. The van der Waals surface area contributed by atoms with Gasteiger partial charge in [0, 0.05) is 6.42 Å². The molecule has 19 heavy (non-hydrogen) atoms. The predicted molar refractivity (Wildman–Crippen MR) is 83.4 cm³/mol. The molecule has 0 amide bonds. The Morgan fingerprint density at radius 3 is 1.63 bits per heavy atom. The average molecular weight is 285 g/mol. The van der Waals surface area contributed by atoms with Gasteiger partial charge in [-0.05, 0) is 13.0 Å². The Bertz CT molecular complexity index is 195. The standard InChI is InChI=1S/C16H32O2Si/c1-3-4-5-6-7-8-9-10-11-12-13-14-15-16(17)18-19-2/h3-15H2,1-2H3. The van der Waals surface area contributed by atoms with Crippen LogP contribution < -0.4 is 0 Å². The molecule has 0 aliphatic heterocycles. The van der Waals surface area contributed by atoms with Crippen LogP contribution in [0.2, 0.25) is 6.55 Å². The van der Waals surface area contributed by atoms with Gasteiger partial charge in [-0.2, -0.15) is 0 Å². The van der Waals surface area contributed by atoms with E-state index in [0.717, 1.165) is 6.42 Å². The van der Waals surface area contributed by atoms with E-state index in [1.54, 1.807) is 0 Å². The van der Waals surface area contributed by atoms with Crippen molar-refractivity contribution in [2.45, 2.75) is 96.9 Å². The van der Waals surface area contributed by atoms with Crippen molar-refractivity contribution < 1.29 is 9.22 Å². The highest BCUT2D eigenvalue weighted by atomic mass is 28.2. The molecular formula is C16H32O2Si. The molecule has 0 aromatic rings. The summed E-state index contributed by atoms with van der Waals surface area (Å²) >= 11 is 0. The fraction of sp³-hybridized carbons (Fsp3) is 0.938. The van der Waals surface area contributed by atoms with E-state index >= 15 is 0 Å². The summed E-state index contributed by atoms with van der Waals surface area (Å²) in [6.45, 7) is 4.16. The Kier molecular flexibility index (Phi) is 15.5. The topological polar surface area (TPSA) is 26.3 Å². The number of unbranched alkanes of at least 4 members (excludes halogenated alkanes) is 11. The molecule has 2 radical (unpaired) electrons. The van der Waals surface area contributed by atoms with Crippen LogP contribution in [0.15, 0.2) is 0 Å². The molecule has 0 saturated carbocycles. The van der Waals surface area contributed by atoms with Crippen LogP contribution in [-0.4, -0.2) is 15.7 Å². The van der Waals surface area contributed by atoms with Crippen LogP contribution in [0.25, 0.3) is 0 Å². The Balaban J connectivity index is 3.01. The van der Waals surface area contributed by atoms with E-state index in [4.69, 9.17) is 4.43 Å². The van der Waals surface area contributed by atoms with Gasteiger partial charge in [0.25, 0.3) is 5.97 Å². The summed E-state index contributed by atoms with van der Waals surface area (Å²) < 4.78 is 4.93. The molecular weight excluding hydrogens is 252 g/mol. The first kappa shape index (κ1) is 18.7. The van der Waals surface area contributed by atoms with E-state index in [0.29, 0.717) is 16.2 Å². The predicted octanol–water partition coefficient (Wildman–Crippen LogP) is 5.29. The normalized spacial score (nSPS) is 10.6. The molecule has 0 rings (SSSR count). The van der Waals surface area contributed by atoms with Crippen molar-refractivity contribution in [2.75, 3.05) is 0 Å². The van der Waals surface area contributed by atoms with E-state index in [9.17, 15) is 4.79 Å². The number of hydrogen-bond donors (Lipinski definition) is 0. The third kappa shape index (κ3) is 15.6. The summed E-state index contributed by atoms with van der Waals surface area (Å²) in [6.07, 6.45) is 16.6. The lowest BCUT2D eigenvalue weighted by atomic mass is 10.0. The van der Waals surface area contributed by atoms with Crippen LogP contribution in [0.3, 0.4) is 0 Å². The molecule has 0 saturated heterocycles. The van der Waals surface area contributed by atoms with Crippen LogP contribution >= 0.6 is 0 Å². The molecule has 3 heteroatoms. The van der Waals surface area contributed by atoms with Gasteiger partial charge in [0.1, 0.15) is 0 Å². The Morgan fingerprint density at radius 1 is 0.789 bits per heavy atom. The van der Waals surface area contributed by atoms with Crippen molar-refractivity contribution in [1.29, 1.82) is 0 Å². The molecule has 0 aromatic heterocycles. The first-order valence-corrected chi connectivity index (χ1v) is 9.58. The van der Waals surface area contributed by atoms with E-state index in [1.807, 2.05) is 6.55 Å². The molecule has 0 atom stereocenters. The lowest BCUT2D eigenvalue weighted by Crippen LogP contribution is -2.05. The van der Waals surface area contributed by atoms with E-state index in [-0.39, 0.29) is 5.97 Å². The molecule has 0 aliphatic carbocycles. The zero-order valence-corrected chi connectivity index (χ0v) is 14.0. The average Bonchev–Trinajstić information content (AvgIpc) is 2.40. The van der Waals surface area contributed by atoms with E-state index in [2.05, 4.69) is 6.92 Å². The highest BCUT2D eigenvalue weighted by Crippen LogP contribution is 2.12. The summed E-state index contributed by atoms with van der Waals surface area (Å²) in [5.74, 6) is -0.0205. The molecule has 2 nitrogen and oxygen atoms in total. The number of rotatable bonds is 14. The molecule has 0 N–H and O–H groups in total. The first-order valence-electron chi connectivity index (χ1n) is 8.17. The van der Waals surface area contributed by atoms with Crippen molar-refractivity contribution in [3.63, 3.8) is 0 Å². The molecule has 0 spiro atoms. The highest BCUT2D eigenvalue weighted by Gasteiger charge is 2.00. The van der Waals surface area contributed by atoms with Gasteiger partial charge in [-0.1, -0.05) is 77.6 Å². The summed E-state index contributed by atoms with van der Waals surface area (Å²) in [5, 5.41) is 0. The number of carbonyl (C=O) groups is 1.